The Balaban J connectivity index is 1.98. The number of carbonyl (C=O) groups excluding carboxylic acids is 1. The number of aromatic nitrogens is 1. The molecule has 2 rings (SSSR count). The summed E-state index contributed by atoms with van der Waals surface area (Å²) in [6, 6.07) is 3.35. The zero-order valence-electron chi connectivity index (χ0n) is 11.0. The van der Waals surface area contributed by atoms with Gasteiger partial charge in [0.2, 0.25) is 0 Å². The Morgan fingerprint density at radius 2 is 2.32 bits per heavy atom. The average molecular weight is 264 g/mol. The molecule has 1 aromatic heterocycles. The van der Waals surface area contributed by atoms with E-state index in [0.717, 1.165) is 19.3 Å². The van der Waals surface area contributed by atoms with Gasteiger partial charge >= 0.3 is 0 Å². The number of amides is 1. The maximum Gasteiger partial charge on any atom is 0.270 e. The fourth-order valence-electron chi connectivity index (χ4n) is 2.45. The first-order valence-corrected chi connectivity index (χ1v) is 6.68. The summed E-state index contributed by atoms with van der Waals surface area (Å²) in [6.45, 7) is 1.92. The van der Waals surface area contributed by atoms with Gasteiger partial charge in [-0.25, -0.2) is 0 Å². The van der Waals surface area contributed by atoms with Crippen LogP contribution < -0.4 is 5.32 Å². The predicted octanol–water partition coefficient (Wildman–Crippen LogP) is 0.853. The molecule has 1 aromatic rings. The predicted molar refractivity (Wildman–Crippen MR) is 70.4 cm³/mol. The summed E-state index contributed by atoms with van der Waals surface area (Å²) in [5, 5.41) is 21.3. The van der Waals surface area contributed by atoms with E-state index in [1.807, 2.05) is 6.92 Å². The van der Waals surface area contributed by atoms with Crippen molar-refractivity contribution in [3.63, 3.8) is 0 Å². The maximum absolute atomic E-state index is 12.1. The third-order valence-corrected chi connectivity index (χ3v) is 3.71. The maximum atomic E-state index is 12.1. The van der Waals surface area contributed by atoms with Gasteiger partial charge in [0, 0.05) is 12.2 Å². The van der Waals surface area contributed by atoms with Gasteiger partial charge in [0.25, 0.3) is 5.91 Å². The Bertz CT molecular complexity index is 444. The van der Waals surface area contributed by atoms with Gasteiger partial charge in [-0.2, -0.15) is 0 Å². The van der Waals surface area contributed by atoms with Crippen molar-refractivity contribution in [3.8, 4) is 0 Å². The van der Waals surface area contributed by atoms with Crippen LogP contribution in [-0.4, -0.2) is 33.3 Å². The van der Waals surface area contributed by atoms with Gasteiger partial charge in [-0.05, 0) is 42.9 Å². The quantitative estimate of drug-likeness (QED) is 0.736. The molecule has 0 radical (unpaired) electrons. The standard InChI is InChI=1S/C14H20N2O3/c1-2-12(10-6-11(18)7-10)16-14(19)13-5-9(8-17)3-4-15-13/h3-5,10-12,17-18H,2,6-8H2,1H3,(H,16,19). The number of nitrogens with one attached hydrogen (secondary N) is 1. The second kappa shape index (κ2) is 6.12. The Kier molecular flexibility index (Phi) is 4.50. The van der Waals surface area contributed by atoms with Crippen LogP contribution in [0.1, 0.15) is 42.2 Å². The van der Waals surface area contributed by atoms with Crippen molar-refractivity contribution < 1.29 is 15.0 Å². The van der Waals surface area contributed by atoms with E-state index in [1.54, 1.807) is 12.1 Å². The van der Waals surface area contributed by atoms with Gasteiger partial charge in [0.05, 0.1) is 12.7 Å². The summed E-state index contributed by atoms with van der Waals surface area (Å²) in [4.78, 5) is 16.1. The molecular weight excluding hydrogens is 244 g/mol. The molecule has 1 saturated carbocycles. The minimum Gasteiger partial charge on any atom is -0.393 e. The molecule has 1 aliphatic carbocycles. The van der Waals surface area contributed by atoms with Crippen molar-refractivity contribution in [3.05, 3.63) is 29.6 Å². The lowest BCUT2D eigenvalue weighted by molar-refractivity contribution is 0.0232. The van der Waals surface area contributed by atoms with Crippen LogP contribution in [0, 0.1) is 5.92 Å². The van der Waals surface area contributed by atoms with Gasteiger partial charge < -0.3 is 15.5 Å². The molecule has 5 nitrogen and oxygen atoms in total. The van der Waals surface area contributed by atoms with Crippen molar-refractivity contribution in [2.45, 2.75) is 44.9 Å². The fourth-order valence-corrected chi connectivity index (χ4v) is 2.45. The number of hydrogen-bond donors (Lipinski definition) is 3. The summed E-state index contributed by atoms with van der Waals surface area (Å²) in [7, 11) is 0. The van der Waals surface area contributed by atoms with Crippen molar-refractivity contribution in [2.75, 3.05) is 0 Å². The number of carbonyl (C=O) groups is 1. The molecule has 104 valence electrons. The zero-order chi connectivity index (χ0) is 13.8. The molecule has 19 heavy (non-hydrogen) atoms. The molecule has 1 amide bonds. The molecule has 0 saturated heterocycles. The van der Waals surface area contributed by atoms with Gasteiger partial charge in [0.15, 0.2) is 0 Å². The molecular formula is C14H20N2O3. The second-order valence-electron chi connectivity index (χ2n) is 5.08. The van der Waals surface area contributed by atoms with E-state index in [0.29, 0.717) is 17.2 Å². The van der Waals surface area contributed by atoms with Crippen LogP contribution in [-0.2, 0) is 6.61 Å². The Morgan fingerprint density at radius 1 is 1.58 bits per heavy atom. The molecule has 1 fully saturated rings. The van der Waals surface area contributed by atoms with Gasteiger partial charge in [0.1, 0.15) is 5.69 Å². The van der Waals surface area contributed by atoms with E-state index in [9.17, 15) is 9.90 Å². The van der Waals surface area contributed by atoms with Crippen molar-refractivity contribution >= 4 is 5.91 Å². The van der Waals surface area contributed by atoms with Crippen LogP contribution >= 0.6 is 0 Å². The van der Waals surface area contributed by atoms with E-state index in [4.69, 9.17) is 5.11 Å². The van der Waals surface area contributed by atoms with Crippen molar-refractivity contribution in [1.82, 2.24) is 10.3 Å². The highest BCUT2D eigenvalue weighted by Gasteiger charge is 2.33. The van der Waals surface area contributed by atoms with Gasteiger partial charge in [-0.1, -0.05) is 6.92 Å². The average Bonchev–Trinajstić information content (AvgIpc) is 2.41. The largest absolute Gasteiger partial charge is 0.393 e. The first kappa shape index (κ1) is 14.0. The Labute approximate surface area is 112 Å². The lowest BCUT2D eigenvalue weighted by atomic mass is 9.76. The molecule has 3 N–H and O–H groups in total. The molecule has 0 bridgehead atoms. The summed E-state index contributed by atoms with van der Waals surface area (Å²) in [6.07, 6.45) is 3.65. The fraction of sp³-hybridized carbons (Fsp3) is 0.571. The van der Waals surface area contributed by atoms with Gasteiger partial charge in [-0.15, -0.1) is 0 Å². The summed E-state index contributed by atoms with van der Waals surface area (Å²) >= 11 is 0. The molecule has 5 heteroatoms. The van der Waals surface area contributed by atoms with Crippen LogP contribution in [0.3, 0.4) is 0 Å². The topological polar surface area (TPSA) is 82.5 Å². The highest BCUT2D eigenvalue weighted by Crippen LogP contribution is 2.31. The van der Waals surface area contributed by atoms with Crippen molar-refractivity contribution in [2.24, 2.45) is 5.92 Å². The van der Waals surface area contributed by atoms with Crippen LogP contribution in [0.2, 0.25) is 0 Å². The third kappa shape index (κ3) is 3.30. The smallest absolute Gasteiger partial charge is 0.270 e. The van der Waals surface area contributed by atoms with E-state index in [2.05, 4.69) is 10.3 Å². The monoisotopic (exact) mass is 264 g/mol. The van der Waals surface area contributed by atoms with Crippen LogP contribution in [0.15, 0.2) is 18.3 Å². The second-order valence-corrected chi connectivity index (χ2v) is 5.08. The highest BCUT2D eigenvalue weighted by molar-refractivity contribution is 5.92. The molecule has 0 spiro atoms. The summed E-state index contributed by atoms with van der Waals surface area (Å²) in [5.74, 6) is 0.133. The SMILES string of the molecule is CCC(NC(=O)c1cc(CO)ccn1)C1CC(O)C1. The number of pyridine rings is 1. The zero-order valence-corrected chi connectivity index (χ0v) is 11.0. The molecule has 0 aromatic carbocycles. The number of aliphatic hydroxyl groups excluding tert-OH is 2. The first-order valence-electron chi connectivity index (χ1n) is 6.68. The van der Waals surface area contributed by atoms with Crippen LogP contribution in [0.5, 0.6) is 0 Å². The van der Waals surface area contributed by atoms with E-state index in [-0.39, 0.29) is 24.7 Å². The van der Waals surface area contributed by atoms with E-state index < -0.39 is 0 Å². The molecule has 1 atom stereocenters. The summed E-state index contributed by atoms with van der Waals surface area (Å²) in [5.41, 5.74) is 0.997. The number of aliphatic hydroxyl groups is 2. The Hall–Kier alpha value is -1.46. The minimum atomic E-state index is -0.219. The molecule has 0 aliphatic heterocycles. The molecule has 1 aliphatic rings. The summed E-state index contributed by atoms with van der Waals surface area (Å²) < 4.78 is 0. The molecule has 1 unspecified atom stereocenters. The lowest BCUT2D eigenvalue weighted by Gasteiger charge is -2.37. The lowest BCUT2D eigenvalue weighted by Crippen LogP contribution is -2.46. The van der Waals surface area contributed by atoms with Crippen LogP contribution in [0.4, 0.5) is 0 Å². The number of nitrogens with zero attached hydrogens (tertiary/aromatic N) is 1. The minimum absolute atomic E-state index is 0.0792. The third-order valence-electron chi connectivity index (χ3n) is 3.71. The molecule has 1 heterocycles. The highest BCUT2D eigenvalue weighted by atomic mass is 16.3. The Morgan fingerprint density at radius 3 is 2.89 bits per heavy atom. The van der Waals surface area contributed by atoms with Gasteiger partial charge in [-0.3, -0.25) is 9.78 Å². The first-order chi connectivity index (χ1) is 9.13. The normalized spacial score (nSPS) is 23.5. The van der Waals surface area contributed by atoms with Crippen molar-refractivity contribution in [1.29, 1.82) is 0 Å². The van der Waals surface area contributed by atoms with E-state index in [1.165, 1.54) is 6.20 Å². The number of rotatable bonds is 5. The van der Waals surface area contributed by atoms with Crippen LogP contribution in [0.25, 0.3) is 0 Å². The number of hydrogen-bond acceptors (Lipinski definition) is 4. The van der Waals surface area contributed by atoms with E-state index >= 15 is 0 Å².